The van der Waals surface area contributed by atoms with Gasteiger partial charge in [0.05, 0.1) is 0 Å². The van der Waals surface area contributed by atoms with Crippen LogP contribution in [0.2, 0.25) is 0 Å². The van der Waals surface area contributed by atoms with Gasteiger partial charge in [-0.25, -0.2) is 9.97 Å². The van der Waals surface area contributed by atoms with Crippen LogP contribution >= 0.6 is 12.6 Å². The summed E-state index contributed by atoms with van der Waals surface area (Å²) in [5.41, 5.74) is 0.509. The molecule has 0 amide bonds. The van der Waals surface area contributed by atoms with E-state index in [2.05, 4.69) is 34.8 Å². The number of nitrogens with zero attached hydrogens (tertiary/aromatic N) is 2. The highest BCUT2D eigenvalue weighted by Gasteiger charge is 2.26. The van der Waals surface area contributed by atoms with Crippen molar-refractivity contribution in [2.75, 3.05) is 19.0 Å². The summed E-state index contributed by atoms with van der Waals surface area (Å²) in [4.78, 5) is 8.28. The fourth-order valence-corrected chi connectivity index (χ4v) is 3.37. The van der Waals surface area contributed by atoms with E-state index in [0.29, 0.717) is 34.6 Å². The average molecular weight is 430 g/mol. The van der Waals surface area contributed by atoms with Crippen molar-refractivity contribution in [1.29, 1.82) is 0 Å². The van der Waals surface area contributed by atoms with Gasteiger partial charge in [0.25, 0.3) is 0 Å². The minimum Gasteiger partial charge on any atom is -0.503 e. The summed E-state index contributed by atoms with van der Waals surface area (Å²) in [7, 11) is 1.59. The Balaban J connectivity index is 0.00000116. The summed E-state index contributed by atoms with van der Waals surface area (Å²) in [6.07, 6.45) is 6.47. The predicted octanol–water partition coefficient (Wildman–Crippen LogP) is 5.23. The van der Waals surface area contributed by atoms with Crippen molar-refractivity contribution in [1.82, 2.24) is 9.97 Å². The maximum atomic E-state index is 10.3. The van der Waals surface area contributed by atoms with Crippen LogP contribution in [0.4, 0.5) is 5.82 Å². The predicted molar refractivity (Wildman–Crippen MR) is 125 cm³/mol. The number of rotatable bonds is 7. The third kappa shape index (κ3) is 10.5. The van der Waals surface area contributed by atoms with E-state index < -0.39 is 0 Å². The van der Waals surface area contributed by atoms with Crippen LogP contribution in [-0.2, 0) is 4.74 Å². The zero-order chi connectivity index (χ0) is 22.4. The molecule has 0 spiro atoms. The second kappa shape index (κ2) is 15.7. The number of aromatic nitrogens is 2. The van der Waals surface area contributed by atoms with Gasteiger partial charge in [-0.3, -0.25) is 0 Å². The lowest BCUT2D eigenvalue weighted by molar-refractivity contribution is 0.113. The normalized spacial score (nSPS) is 20.6. The number of ether oxygens (including phenoxy) is 1. The Morgan fingerprint density at radius 1 is 1.14 bits per heavy atom. The first kappa shape index (κ1) is 27.9. The first-order valence-corrected chi connectivity index (χ1v) is 11.4. The van der Waals surface area contributed by atoms with Gasteiger partial charge in [-0.1, -0.05) is 34.6 Å². The number of hydrogen-bond donors (Lipinski definition) is 4. The number of nitrogens with one attached hydrogen (secondary N) is 1. The Morgan fingerprint density at radius 2 is 1.69 bits per heavy atom. The van der Waals surface area contributed by atoms with Crippen LogP contribution in [0.15, 0.2) is 6.33 Å². The summed E-state index contributed by atoms with van der Waals surface area (Å²) in [6, 6.07) is 0.319. The molecule has 0 radical (unpaired) electrons. The molecule has 1 aliphatic rings. The smallest absolute Gasteiger partial charge is 0.182 e. The third-order valence-corrected chi connectivity index (χ3v) is 5.09. The highest BCUT2D eigenvalue weighted by molar-refractivity contribution is 7.80. The quantitative estimate of drug-likeness (QED) is 0.444. The highest BCUT2D eigenvalue weighted by Crippen LogP contribution is 2.35. The van der Waals surface area contributed by atoms with Gasteiger partial charge in [-0.2, -0.15) is 12.6 Å². The first-order valence-electron chi connectivity index (χ1n) is 10.9. The molecule has 0 saturated heterocycles. The van der Waals surface area contributed by atoms with Crippen molar-refractivity contribution in [2.45, 2.75) is 91.0 Å². The molecule has 1 aromatic rings. The van der Waals surface area contributed by atoms with E-state index in [9.17, 15) is 5.11 Å². The van der Waals surface area contributed by atoms with Crippen LogP contribution in [0.5, 0.6) is 5.75 Å². The van der Waals surface area contributed by atoms with Crippen molar-refractivity contribution >= 4 is 18.4 Å². The molecule has 0 aromatic carbocycles. The molecule has 170 valence electrons. The molecule has 3 N–H and O–H groups in total. The van der Waals surface area contributed by atoms with Crippen molar-refractivity contribution < 1.29 is 14.9 Å². The van der Waals surface area contributed by atoms with Crippen LogP contribution < -0.4 is 5.32 Å². The van der Waals surface area contributed by atoms with Crippen molar-refractivity contribution in [2.24, 2.45) is 11.8 Å². The van der Waals surface area contributed by atoms with Crippen LogP contribution in [0.25, 0.3) is 0 Å². The van der Waals surface area contributed by atoms with E-state index in [1.807, 2.05) is 34.6 Å². The average Bonchev–Trinajstić information content (AvgIpc) is 2.71. The maximum absolute atomic E-state index is 10.3. The fourth-order valence-electron chi connectivity index (χ4n) is 3.37. The first-order chi connectivity index (χ1) is 13.8. The molecule has 1 saturated carbocycles. The second-order valence-corrected chi connectivity index (χ2v) is 8.71. The zero-order valence-electron chi connectivity index (χ0n) is 19.4. The number of methoxy groups -OCH3 is 1. The fraction of sp³-hybridized carbons (Fsp3) is 0.818. The summed E-state index contributed by atoms with van der Waals surface area (Å²) >= 11 is 3.97. The van der Waals surface area contributed by atoms with Crippen molar-refractivity contribution in [3.05, 3.63) is 12.0 Å². The van der Waals surface area contributed by atoms with Crippen LogP contribution in [0.3, 0.4) is 0 Å². The van der Waals surface area contributed by atoms with E-state index in [0.717, 1.165) is 32.1 Å². The summed E-state index contributed by atoms with van der Waals surface area (Å²) < 4.78 is 5.23. The minimum absolute atomic E-state index is 0.0811. The number of thiol groups is 1. The van der Waals surface area contributed by atoms with E-state index in [4.69, 9.17) is 9.84 Å². The number of aromatic hydroxyl groups is 1. The molecule has 2 rings (SSSR count). The van der Waals surface area contributed by atoms with E-state index in [1.165, 1.54) is 6.33 Å². The summed E-state index contributed by atoms with van der Waals surface area (Å²) in [5.74, 6) is 1.83. The molecule has 2 atom stereocenters. The zero-order valence-corrected chi connectivity index (χ0v) is 20.2. The summed E-state index contributed by atoms with van der Waals surface area (Å²) in [6.45, 7) is 12.4. The molecule has 7 heteroatoms. The van der Waals surface area contributed by atoms with Gasteiger partial charge in [0.1, 0.15) is 18.1 Å². The molecule has 1 aliphatic carbocycles. The standard InChI is InChI=1S/C17H29N3O3.C3H8S.C2H6/c1-11(8-9-21)13-4-6-14(7-5-13)20-17-16(22)15(12(2)23-3)18-10-19-17;1-3(2)4;1-2/h10-14,21-22H,4-9H2,1-3H3,(H,18,19,20);3-4H,1-2H3;1-2H3. The van der Waals surface area contributed by atoms with Gasteiger partial charge in [0.2, 0.25) is 0 Å². The molecule has 2 unspecified atom stereocenters. The molecule has 0 bridgehead atoms. The SMILES string of the molecule is CC.CC(C)S.COC(C)c1ncnc(NC2CCC(C(C)CCO)CC2)c1O. The van der Waals surface area contributed by atoms with Crippen LogP contribution in [-0.4, -0.2) is 45.2 Å². The Morgan fingerprint density at radius 3 is 2.17 bits per heavy atom. The Labute approximate surface area is 183 Å². The molecule has 1 heterocycles. The molecule has 1 fully saturated rings. The van der Waals surface area contributed by atoms with E-state index >= 15 is 0 Å². The maximum Gasteiger partial charge on any atom is 0.182 e. The lowest BCUT2D eigenvalue weighted by Gasteiger charge is -2.33. The molecule has 29 heavy (non-hydrogen) atoms. The molecule has 1 aromatic heterocycles. The monoisotopic (exact) mass is 429 g/mol. The van der Waals surface area contributed by atoms with E-state index in [1.54, 1.807) is 7.11 Å². The van der Waals surface area contributed by atoms with Crippen LogP contribution in [0, 0.1) is 11.8 Å². The van der Waals surface area contributed by atoms with Gasteiger partial charge in [-0.05, 0) is 56.1 Å². The van der Waals surface area contributed by atoms with Crippen LogP contribution in [0.1, 0.15) is 85.4 Å². The lowest BCUT2D eigenvalue weighted by atomic mass is 9.78. The van der Waals surface area contributed by atoms with Gasteiger partial charge < -0.3 is 20.3 Å². The van der Waals surface area contributed by atoms with Gasteiger partial charge >= 0.3 is 0 Å². The van der Waals surface area contributed by atoms with E-state index in [-0.39, 0.29) is 18.5 Å². The largest absolute Gasteiger partial charge is 0.503 e. The van der Waals surface area contributed by atoms with Gasteiger partial charge in [-0.15, -0.1) is 0 Å². The lowest BCUT2D eigenvalue weighted by Crippen LogP contribution is -2.29. The Kier molecular flexibility index (Phi) is 15.2. The Hall–Kier alpha value is -1.05. The number of aliphatic hydroxyl groups is 1. The topological polar surface area (TPSA) is 87.5 Å². The molecule has 6 nitrogen and oxygen atoms in total. The number of anilines is 1. The molecule has 0 aliphatic heterocycles. The summed E-state index contributed by atoms with van der Waals surface area (Å²) in [5, 5.41) is 23.3. The number of hydrogen-bond acceptors (Lipinski definition) is 7. The van der Waals surface area contributed by atoms with Gasteiger partial charge in [0, 0.05) is 19.8 Å². The molecular weight excluding hydrogens is 386 g/mol. The minimum atomic E-state index is -0.270. The second-order valence-electron chi connectivity index (χ2n) is 7.67. The molecular formula is C22H43N3O3S. The van der Waals surface area contributed by atoms with Crippen molar-refractivity contribution in [3.63, 3.8) is 0 Å². The highest BCUT2D eigenvalue weighted by atomic mass is 32.1. The Bertz CT molecular complexity index is 535. The third-order valence-electron chi connectivity index (χ3n) is 5.09. The number of aliphatic hydroxyl groups excluding tert-OH is 1. The van der Waals surface area contributed by atoms with Crippen molar-refractivity contribution in [3.8, 4) is 5.75 Å². The van der Waals surface area contributed by atoms with Gasteiger partial charge in [0.15, 0.2) is 11.6 Å².